The van der Waals surface area contributed by atoms with Crippen molar-refractivity contribution in [1.82, 2.24) is 9.38 Å². The Kier molecular flexibility index (Phi) is 2.74. The van der Waals surface area contributed by atoms with Gasteiger partial charge in [-0.2, -0.15) is 0 Å². The number of carbonyl (C=O) groups is 2. The molecule has 0 aliphatic heterocycles. The molecule has 0 saturated heterocycles. The van der Waals surface area contributed by atoms with Gasteiger partial charge in [-0.1, -0.05) is 0 Å². The summed E-state index contributed by atoms with van der Waals surface area (Å²) < 4.78 is 6.29. The molecule has 0 fully saturated rings. The molecule has 0 radical (unpaired) electrons. The Labute approximate surface area is 95.7 Å². The van der Waals surface area contributed by atoms with E-state index < -0.39 is 11.8 Å². The highest BCUT2D eigenvalue weighted by Gasteiger charge is 2.24. The lowest BCUT2D eigenvalue weighted by molar-refractivity contribution is -0.137. The Balaban J connectivity index is 2.45. The summed E-state index contributed by atoms with van der Waals surface area (Å²) in [6.45, 7) is 3.55. The molecule has 0 bridgehead atoms. The smallest absolute Gasteiger partial charge is 0.381 e. The van der Waals surface area contributed by atoms with Crippen LogP contribution in [0, 0.1) is 6.92 Å². The quantitative estimate of drug-likeness (QED) is 0.461. The Morgan fingerprint density at radius 2 is 2.31 bits per heavy atom. The highest BCUT2D eigenvalue weighted by molar-refractivity contribution is 7.15. The van der Waals surface area contributed by atoms with Crippen LogP contribution in [0.15, 0.2) is 11.6 Å². The van der Waals surface area contributed by atoms with Gasteiger partial charge in [0.15, 0.2) is 4.96 Å². The first kappa shape index (κ1) is 10.8. The lowest BCUT2D eigenvalue weighted by Gasteiger charge is -2.00. The molecule has 84 valence electrons. The van der Waals surface area contributed by atoms with Crippen LogP contribution in [0.1, 0.15) is 23.1 Å². The minimum Gasteiger partial charge on any atom is -0.460 e. The number of ketones is 1. The maximum absolute atomic E-state index is 11.8. The second-order valence-electron chi connectivity index (χ2n) is 3.15. The molecule has 6 heteroatoms. The molecule has 2 aromatic heterocycles. The van der Waals surface area contributed by atoms with E-state index in [0.29, 0.717) is 10.7 Å². The van der Waals surface area contributed by atoms with Crippen molar-refractivity contribution in [2.45, 2.75) is 13.8 Å². The van der Waals surface area contributed by atoms with E-state index in [1.165, 1.54) is 11.3 Å². The van der Waals surface area contributed by atoms with Gasteiger partial charge in [-0.3, -0.25) is 9.20 Å². The van der Waals surface area contributed by atoms with E-state index in [4.69, 9.17) is 0 Å². The van der Waals surface area contributed by atoms with Crippen molar-refractivity contribution in [3.63, 3.8) is 0 Å². The first-order valence-corrected chi connectivity index (χ1v) is 5.66. The molecular formula is C10H10N2O3S. The van der Waals surface area contributed by atoms with Crippen molar-refractivity contribution in [2.75, 3.05) is 6.61 Å². The number of carbonyl (C=O) groups excluding carboxylic acids is 2. The van der Waals surface area contributed by atoms with Crippen molar-refractivity contribution in [3.05, 3.63) is 23.0 Å². The third-order valence-corrected chi connectivity index (χ3v) is 2.87. The monoisotopic (exact) mass is 238 g/mol. The second kappa shape index (κ2) is 4.05. The molecular weight excluding hydrogens is 228 g/mol. The highest BCUT2D eigenvalue weighted by atomic mass is 32.1. The third-order valence-electron chi connectivity index (χ3n) is 2.11. The molecule has 2 rings (SSSR count). The zero-order valence-electron chi connectivity index (χ0n) is 8.89. The van der Waals surface area contributed by atoms with Crippen LogP contribution in [0.2, 0.25) is 0 Å². The molecule has 2 aromatic rings. The number of hydrogen-bond acceptors (Lipinski definition) is 5. The fourth-order valence-electron chi connectivity index (χ4n) is 1.46. The van der Waals surface area contributed by atoms with E-state index in [9.17, 15) is 9.59 Å². The van der Waals surface area contributed by atoms with Gasteiger partial charge < -0.3 is 4.74 Å². The Bertz CT molecular complexity index is 555. The number of Topliss-reactive ketones (excluding diaryl/α,β-unsaturated/α-hetero) is 1. The molecule has 0 N–H and O–H groups in total. The van der Waals surface area contributed by atoms with Crippen LogP contribution in [0.5, 0.6) is 0 Å². The molecule has 5 nitrogen and oxygen atoms in total. The van der Waals surface area contributed by atoms with Gasteiger partial charge in [-0.25, -0.2) is 9.78 Å². The standard InChI is InChI=1S/C10H10N2O3S/c1-3-15-9(14)8(13)7-6(2)11-10-12(7)4-5-16-10/h4-5H,3H2,1-2H3. The minimum absolute atomic E-state index is 0.190. The van der Waals surface area contributed by atoms with E-state index in [2.05, 4.69) is 9.72 Å². The molecule has 0 amide bonds. The summed E-state index contributed by atoms with van der Waals surface area (Å²) in [4.78, 5) is 28.0. The van der Waals surface area contributed by atoms with E-state index >= 15 is 0 Å². The van der Waals surface area contributed by atoms with E-state index in [1.807, 2.05) is 5.38 Å². The first-order chi connectivity index (χ1) is 7.65. The van der Waals surface area contributed by atoms with Gasteiger partial charge in [0.1, 0.15) is 5.69 Å². The van der Waals surface area contributed by atoms with Crippen molar-refractivity contribution in [2.24, 2.45) is 0 Å². The largest absolute Gasteiger partial charge is 0.460 e. The number of fused-ring (bicyclic) bond motifs is 1. The van der Waals surface area contributed by atoms with Crippen molar-refractivity contribution < 1.29 is 14.3 Å². The number of rotatable bonds is 3. The lowest BCUT2D eigenvalue weighted by atomic mass is 10.2. The number of ether oxygens (including phenoxy) is 1. The number of nitrogens with zero attached hydrogens (tertiary/aromatic N) is 2. The molecule has 0 unspecified atom stereocenters. The molecule has 2 heterocycles. The first-order valence-electron chi connectivity index (χ1n) is 4.78. The summed E-state index contributed by atoms with van der Waals surface area (Å²) in [5, 5.41) is 1.81. The SMILES string of the molecule is CCOC(=O)C(=O)c1c(C)nc2sccn12. The number of aryl methyl sites for hydroxylation is 1. The van der Waals surface area contributed by atoms with Gasteiger partial charge >= 0.3 is 5.97 Å². The van der Waals surface area contributed by atoms with Gasteiger partial charge in [0.05, 0.1) is 12.3 Å². The summed E-state index contributed by atoms with van der Waals surface area (Å²) in [5.74, 6) is -1.48. The Hall–Kier alpha value is -1.69. The number of esters is 1. The number of hydrogen-bond donors (Lipinski definition) is 0. The van der Waals surface area contributed by atoms with Gasteiger partial charge in [0.2, 0.25) is 0 Å². The van der Waals surface area contributed by atoms with Crippen molar-refractivity contribution in [3.8, 4) is 0 Å². The normalized spacial score (nSPS) is 10.6. The van der Waals surface area contributed by atoms with Gasteiger partial charge in [0, 0.05) is 11.6 Å². The average Bonchev–Trinajstić information content (AvgIpc) is 2.76. The van der Waals surface area contributed by atoms with Crippen molar-refractivity contribution >= 4 is 28.1 Å². The van der Waals surface area contributed by atoms with E-state index in [-0.39, 0.29) is 12.3 Å². The van der Waals surface area contributed by atoms with Crippen LogP contribution in [0.3, 0.4) is 0 Å². The molecule has 0 spiro atoms. The topological polar surface area (TPSA) is 60.7 Å². The molecule has 0 aliphatic rings. The molecule has 0 aromatic carbocycles. The molecule has 0 aliphatic carbocycles. The van der Waals surface area contributed by atoms with Gasteiger partial charge in [-0.15, -0.1) is 11.3 Å². The fraction of sp³-hybridized carbons (Fsp3) is 0.300. The third kappa shape index (κ3) is 1.61. The Morgan fingerprint density at radius 3 is 3.00 bits per heavy atom. The summed E-state index contributed by atoms with van der Waals surface area (Å²) in [6, 6.07) is 0. The zero-order valence-corrected chi connectivity index (χ0v) is 9.71. The lowest BCUT2D eigenvalue weighted by Crippen LogP contribution is -2.19. The molecule has 16 heavy (non-hydrogen) atoms. The zero-order chi connectivity index (χ0) is 11.7. The highest BCUT2D eigenvalue weighted by Crippen LogP contribution is 2.17. The van der Waals surface area contributed by atoms with Crippen molar-refractivity contribution in [1.29, 1.82) is 0 Å². The van der Waals surface area contributed by atoms with Crippen LogP contribution in [-0.2, 0) is 9.53 Å². The fourth-order valence-corrected chi connectivity index (χ4v) is 2.22. The number of aromatic nitrogens is 2. The van der Waals surface area contributed by atoms with Gasteiger partial charge in [0.25, 0.3) is 5.78 Å². The van der Waals surface area contributed by atoms with Crippen LogP contribution >= 0.6 is 11.3 Å². The average molecular weight is 238 g/mol. The Morgan fingerprint density at radius 1 is 1.56 bits per heavy atom. The molecule has 0 saturated carbocycles. The predicted molar refractivity (Wildman–Crippen MR) is 58.8 cm³/mol. The second-order valence-corrected chi connectivity index (χ2v) is 4.02. The van der Waals surface area contributed by atoms with Crippen LogP contribution < -0.4 is 0 Å². The number of imidazole rings is 1. The van der Waals surface area contributed by atoms with E-state index in [1.54, 1.807) is 24.4 Å². The maximum atomic E-state index is 11.8. The summed E-state index contributed by atoms with van der Waals surface area (Å²) in [6.07, 6.45) is 1.71. The molecule has 0 atom stereocenters. The number of thiazole rings is 1. The van der Waals surface area contributed by atoms with Crippen LogP contribution in [-0.4, -0.2) is 27.7 Å². The minimum atomic E-state index is -0.835. The van der Waals surface area contributed by atoms with Crippen LogP contribution in [0.4, 0.5) is 0 Å². The summed E-state index contributed by atoms with van der Waals surface area (Å²) in [7, 11) is 0. The van der Waals surface area contributed by atoms with Gasteiger partial charge in [-0.05, 0) is 13.8 Å². The maximum Gasteiger partial charge on any atom is 0.381 e. The van der Waals surface area contributed by atoms with Crippen LogP contribution in [0.25, 0.3) is 4.96 Å². The summed E-state index contributed by atoms with van der Waals surface area (Å²) >= 11 is 1.41. The van der Waals surface area contributed by atoms with E-state index in [0.717, 1.165) is 0 Å². The summed E-state index contributed by atoms with van der Waals surface area (Å²) in [5.41, 5.74) is 0.833. The predicted octanol–water partition coefficient (Wildman–Crippen LogP) is 1.45.